The summed E-state index contributed by atoms with van der Waals surface area (Å²) >= 11 is 0. The average molecular weight is 295 g/mol. The fourth-order valence-corrected chi connectivity index (χ4v) is 1.59. The minimum absolute atomic E-state index is 0.0374. The Labute approximate surface area is 118 Å². The number of hydrogen-bond donors (Lipinski definition) is 4. The Balaban J connectivity index is 1.97. The summed E-state index contributed by atoms with van der Waals surface area (Å²) in [5, 5.41) is 10.8. The van der Waals surface area contributed by atoms with Crippen LogP contribution in [0.2, 0.25) is 0 Å². The molecule has 2 rings (SSSR count). The van der Waals surface area contributed by atoms with Crippen molar-refractivity contribution in [1.82, 2.24) is 20.5 Å². The van der Waals surface area contributed by atoms with E-state index in [9.17, 15) is 14.0 Å². The van der Waals surface area contributed by atoms with Crippen molar-refractivity contribution in [3.63, 3.8) is 0 Å². The van der Waals surface area contributed by atoms with E-state index < -0.39 is 17.5 Å². The molecule has 0 spiro atoms. The Morgan fingerprint density at radius 2 is 2.29 bits per heavy atom. The minimum atomic E-state index is -0.536. The lowest BCUT2D eigenvalue weighted by Gasteiger charge is -2.11. The molecule has 9 heteroatoms. The number of urea groups is 1. The van der Waals surface area contributed by atoms with Crippen molar-refractivity contribution in [3.05, 3.63) is 40.3 Å². The third kappa shape index (κ3) is 4.06. The number of amides is 2. The molecule has 1 aromatic heterocycles. The third-order valence-electron chi connectivity index (χ3n) is 2.46. The van der Waals surface area contributed by atoms with Crippen LogP contribution >= 0.6 is 0 Å². The lowest BCUT2D eigenvalue weighted by atomic mass is 10.3. The number of aromatic amines is 2. The summed E-state index contributed by atoms with van der Waals surface area (Å²) in [7, 11) is 0. The molecule has 0 fully saturated rings. The lowest BCUT2D eigenvalue weighted by Crippen LogP contribution is -2.29. The first kappa shape index (κ1) is 14.6. The molecule has 8 nitrogen and oxygen atoms in total. The van der Waals surface area contributed by atoms with Gasteiger partial charge in [0, 0.05) is 6.07 Å². The van der Waals surface area contributed by atoms with E-state index in [1.807, 2.05) is 0 Å². The fraction of sp³-hybridized carbons (Fsp3) is 0.250. The zero-order valence-electron chi connectivity index (χ0n) is 11.2. The number of nitrogens with zero attached hydrogens (tertiary/aromatic N) is 1. The molecule has 0 aliphatic heterocycles. The summed E-state index contributed by atoms with van der Waals surface area (Å²) in [6.45, 7) is 2.13. The predicted octanol–water partition coefficient (Wildman–Crippen LogP) is 0.957. The number of rotatable bonds is 5. The molecule has 0 aliphatic carbocycles. The van der Waals surface area contributed by atoms with Crippen LogP contribution in [-0.4, -0.2) is 27.8 Å². The Morgan fingerprint density at radius 1 is 1.48 bits per heavy atom. The largest absolute Gasteiger partial charge is 0.492 e. The van der Waals surface area contributed by atoms with Crippen molar-refractivity contribution in [3.8, 4) is 5.75 Å². The Kier molecular flexibility index (Phi) is 4.54. The number of nitrogens with one attached hydrogen (secondary N) is 4. The number of carbonyl (C=O) groups is 1. The Hall–Kier alpha value is -2.84. The highest BCUT2D eigenvalue weighted by Gasteiger charge is 2.09. The number of aromatic nitrogens is 3. The fourth-order valence-electron chi connectivity index (χ4n) is 1.59. The van der Waals surface area contributed by atoms with Crippen LogP contribution in [0.3, 0.4) is 0 Å². The number of benzene rings is 1. The predicted molar refractivity (Wildman–Crippen MR) is 72.6 cm³/mol. The van der Waals surface area contributed by atoms with Gasteiger partial charge in [-0.15, -0.1) is 0 Å². The van der Waals surface area contributed by atoms with E-state index in [0.717, 1.165) is 0 Å². The average Bonchev–Trinajstić information content (AvgIpc) is 2.86. The third-order valence-corrected chi connectivity index (χ3v) is 2.46. The molecule has 0 aliphatic rings. The number of hydrogen-bond acceptors (Lipinski definition) is 4. The number of halogens is 1. The van der Waals surface area contributed by atoms with E-state index in [1.54, 1.807) is 6.92 Å². The van der Waals surface area contributed by atoms with Crippen LogP contribution in [0.5, 0.6) is 5.75 Å². The van der Waals surface area contributed by atoms with Gasteiger partial charge in [0.2, 0.25) is 0 Å². The molecule has 2 aromatic rings. The smallest absolute Gasteiger partial charge is 0.340 e. The topological polar surface area (TPSA) is 112 Å². The van der Waals surface area contributed by atoms with Crippen LogP contribution in [0, 0.1) is 5.82 Å². The van der Waals surface area contributed by atoms with E-state index in [1.165, 1.54) is 18.2 Å². The first-order valence-electron chi connectivity index (χ1n) is 6.19. The van der Waals surface area contributed by atoms with Crippen molar-refractivity contribution < 1.29 is 13.9 Å². The molecule has 0 radical (unpaired) electrons. The first-order chi connectivity index (χ1) is 10.1. The van der Waals surface area contributed by atoms with E-state index in [-0.39, 0.29) is 12.3 Å². The van der Waals surface area contributed by atoms with Gasteiger partial charge in [-0.2, -0.15) is 5.10 Å². The minimum Gasteiger partial charge on any atom is -0.492 e. The van der Waals surface area contributed by atoms with E-state index in [0.29, 0.717) is 18.1 Å². The van der Waals surface area contributed by atoms with Gasteiger partial charge in [0.25, 0.3) is 0 Å². The molecule has 0 atom stereocenters. The monoisotopic (exact) mass is 295 g/mol. The maximum absolute atomic E-state index is 13.1. The van der Waals surface area contributed by atoms with Crippen LogP contribution in [0.1, 0.15) is 12.7 Å². The zero-order valence-corrected chi connectivity index (χ0v) is 11.2. The van der Waals surface area contributed by atoms with Gasteiger partial charge in [0.05, 0.1) is 18.8 Å². The van der Waals surface area contributed by atoms with Crippen LogP contribution < -0.4 is 21.1 Å². The summed E-state index contributed by atoms with van der Waals surface area (Å²) in [6.07, 6.45) is 0. The first-order valence-corrected chi connectivity index (χ1v) is 6.19. The lowest BCUT2D eigenvalue weighted by molar-refractivity contribution is 0.251. The summed E-state index contributed by atoms with van der Waals surface area (Å²) in [5.41, 5.74) is -0.115. The number of carbonyl (C=O) groups excluding carboxylic acids is 1. The van der Waals surface area contributed by atoms with E-state index >= 15 is 0 Å². The quantitative estimate of drug-likeness (QED) is 0.658. The van der Waals surface area contributed by atoms with Crippen LogP contribution in [0.4, 0.5) is 14.9 Å². The van der Waals surface area contributed by atoms with Crippen molar-refractivity contribution >= 4 is 11.7 Å². The maximum Gasteiger partial charge on any atom is 0.340 e. The van der Waals surface area contributed by atoms with Gasteiger partial charge in [-0.25, -0.2) is 19.1 Å². The van der Waals surface area contributed by atoms with Crippen molar-refractivity contribution in [2.75, 3.05) is 11.9 Å². The normalized spacial score (nSPS) is 10.2. The van der Waals surface area contributed by atoms with Gasteiger partial charge in [-0.05, 0) is 19.1 Å². The van der Waals surface area contributed by atoms with Crippen LogP contribution in [0.25, 0.3) is 0 Å². The van der Waals surface area contributed by atoms with Gasteiger partial charge >= 0.3 is 11.7 Å². The molecule has 4 N–H and O–H groups in total. The summed E-state index contributed by atoms with van der Waals surface area (Å²) < 4.78 is 18.4. The standard InChI is InChI=1S/C12H14FN5O3/c1-2-21-9-5-7(13)3-4-8(9)15-11(19)14-6-10-16-12(20)18-17-10/h3-5H,2,6H2,1H3,(H2,14,15,19)(H2,16,17,18,20). The molecule has 0 saturated heterocycles. The molecule has 112 valence electrons. The van der Waals surface area contributed by atoms with Crippen molar-refractivity contribution in [2.45, 2.75) is 13.5 Å². The van der Waals surface area contributed by atoms with Gasteiger partial charge in [0.15, 0.2) is 0 Å². The number of H-pyrrole nitrogens is 2. The van der Waals surface area contributed by atoms with E-state index in [4.69, 9.17) is 4.74 Å². The second-order valence-corrected chi connectivity index (χ2v) is 4.01. The highest BCUT2D eigenvalue weighted by molar-refractivity contribution is 5.90. The molecule has 1 heterocycles. The highest BCUT2D eigenvalue weighted by atomic mass is 19.1. The SMILES string of the molecule is CCOc1cc(F)ccc1NC(=O)NCc1n[nH]c(=O)[nH]1. The Bertz CT molecular complexity index is 682. The van der Waals surface area contributed by atoms with Crippen LogP contribution in [0.15, 0.2) is 23.0 Å². The summed E-state index contributed by atoms with van der Waals surface area (Å²) in [6, 6.07) is 3.26. The molecule has 1 aromatic carbocycles. The molecule has 0 bridgehead atoms. The molecule has 0 saturated carbocycles. The van der Waals surface area contributed by atoms with Crippen molar-refractivity contribution in [2.24, 2.45) is 0 Å². The van der Waals surface area contributed by atoms with Gasteiger partial charge < -0.3 is 15.4 Å². The second kappa shape index (κ2) is 6.55. The molecule has 21 heavy (non-hydrogen) atoms. The maximum atomic E-state index is 13.1. The van der Waals surface area contributed by atoms with Gasteiger partial charge in [0.1, 0.15) is 17.4 Å². The molecule has 2 amide bonds. The second-order valence-electron chi connectivity index (χ2n) is 4.01. The number of anilines is 1. The Morgan fingerprint density at radius 3 is 2.95 bits per heavy atom. The van der Waals surface area contributed by atoms with Crippen molar-refractivity contribution in [1.29, 1.82) is 0 Å². The number of ether oxygens (including phenoxy) is 1. The van der Waals surface area contributed by atoms with E-state index in [2.05, 4.69) is 25.8 Å². The zero-order chi connectivity index (χ0) is 15.2. The molecule has 0 unspecified atom stereocenters. The van der Waals surface area contributed by atoms with Gasteiger partial charge in [-0.1, -0.05) is 0 Å². The molecular formula is C12H14FN5O3. The molecular weight excluding hydrogens is 281 g/mol. The highest BCUT2D eigenvalue weighted by Crippen LogP contribution is 2.25. The summed E-state index contributed by atoms with van der Waals surface area (Å²) in [5.74, 6) is 0.0682. The summed E-state index contributed by atoms with van der Waals surface area (Å²) in [4.78, 5) is 24.9. The van der Waals surface area contributed by atoms with Crippen LogP contribution in [-0.2, 0) is 6.54 Å². The van der Waals surface area contributed by atoms with Gasteiger partial charge in [-0.3, -0.25) is 4.98 Å².